The van der Waals surface area contributed by atoms with Crippen molar-refractivity contribution in [3.8, 4) is 0 Å². The minimum absolute atomic E-state index is 0.289. The summed E-state index contributed by atoms with van der Waals surface area (Å²) < 4.78 is 11.8. The molecule has 19 heavy (non-hydrogen) atoms. The van der Waals surface area contributed by atoms with Gasteiger partial charge in [0, 0.05) is 6.20 Å². The van der Waals surface area contributed by atoms with Crippen molar-refractivity contribution in [1.82, 2.24) is 4.98 Å². The molecule has 1 aromatic heterocycles. The number of hydrogen-bond donors (Lipinski definition) is 0. The largest absolute Gasteiger partial charge is 0.487 e. The summed E-state index contributed by atoms with van der Waals surface area (Å²) in [6, 6.07) is 4.05. The van der Waals surface area contributed by atoms with Crippen LogP contribution in [0.15, 0.2) is 29.3 Å². The Morgan fingerprint density at radius 1 is 1.16 bits per heavy atom. The second-order valence-electron chi connectivity index (χ2n) is 5.62. The summed E-state index contributed by atoms with van der Waals surface area (Å²) in [7, 11) is -0.301. The summed E-state index contributed by atoms with van der Waals surface area (Å²) in [5.74, 6) is 1.94. The molecule has 0 atom stereocenters. The normalized spacial score (nSPS) is 21.2. The fourth-order valence-electron chi connectivity index (χ4n) is 1.77. The molecule has 3 nitrogen and oxygen atoms in total. The van der Waals surface area contributed by atoms with Crippen LogP contribution >= 0.6 is 11.8 Å². The Kier molecular flexibility index (Phi) is 4.09. The van der Waals surface area contributed by atoms with E-state index in [1.807, 2.05) is 36.6 Å². The maximum atomic E-state index is 5.90. The van der Waals surface area contributed by atoms with Gasteiger partial charge in [0.15, 0.2) is 0 Å². The van der Waals surface area contributed by atoms with Crippen molar-refractivity contribution in [2.45, 2.75) is 43.9 Å². The molecule has 1 aliphatic heterocycles. The quantitative estimate of drug-likeness (QED) is 0.625. The van der Waals surface area contributed by atoms with E-state index in [2.05, 4.69) is 32.7 Å². The zero-order chi connectivity index (χ0) is 14.1. The molecule has 0 radical (unpaired) electrons. The lowest BCUT2D eigenvalue weighted by Crippen LogP contribution is -2.41. The summed E-state index contributed by atoms with van der Waals surface area (Å²) in [4.78, 5) is 4.33. The van der Waals surface area contributed by atoms with Gasteiger partial charge >= 0.3 is 7.12 Å². The molecule has 0 N–H and O–H groups in total. The van der Waals surface area contributed by atoms with Gasteiger partial charge in [-0.3, -0.25) is 0 Å². The standard InChI is InChI=1S/C14H20BNO2S/c1-13(2)14(3,4)18-15(17-13)9-8-11-6-7-12(19-5)16-10-11/h6-10H,1-5H3/b9-8+. The first kappa shape index (κ1) is 14.6. The average molecular weight is 277 g/mol. The van der Waals surface area contributed by atoms with Crippen molar-refractivity contribution < 1.29 is 9.31 Å². The van der Waals surface area contributed by atoms with E-state index in [1.165, 1.54) is 0 Å². The lowest BCUT2D eigenvalue weighted by atomic mass is 9.89. The van der Waals surface area contributed by atoms with Crippen molar-refractivity contribution in [3.05, 3.63) is 29.9 Å². The summed E-state index contributed by atoms with van der Waals surface area (Å²) in [6.07, 6.45) is 5.86. The maximum absolute atomic E-state index is 5.90. The lowest BCUT2D eigenvalue weighted by Gasteiger charge is -2.32. The highest BCUT2D eigenvalue weighted by Crippen LogP contribution is 2.36. The van der Waals surface area contributed by atoms with Crippen LogP contribution in [0.25, 0.3) is 6.08 Å². The van der Waals surface area contributed by atoms with E-state index in [0.717, 1.165) is 10.6 Å². The van der Waals surface area contributed by atoms with Gasteiger partial charge in [0.05, 0.1) is 16.2 Å². The molecular formula is C14H20BNO2S. The molecule has 102 valence electrons. The number of rotatable bonds is 3. The second kappa shape index (κ2) is 5.31. The van der Waals surface area contributed by atoms with Gasteiger partial charge in [0.1, 0.15) is 0 Å². The Morgan fingerprint density at radius 2 is 1.79 bits per heavy atom. The van der Waals surface area contributed by atoms with Gasteiger partial charge in [0.2, 0.25) is 0 Å². The Balaban J connectivity index is 2.04. The van der Waals surface area contributed by atoms with E-state index in [9.17, 15) is 0 Å². The molecule has 1 saturated heterocycles. The van der Waals surface area contributed by atoms with Gasteiger partial charge in [-0.25, -0.2) is 4.98 Å². The molecule has 1 aromatic rings. The van der Waals surface area contributed by atoms with Crippen LogP contribution in [0, 0.1) is 0 Å². The smallest absolute Gasteiger partial charge is 0.400 e. The number of hydrogen-bond acceptors (Lipinski definition) is 4. The molecule has 1 aliphatic rings. The Bertz CT molecular complexity index is 455. The minimum atomic E-state index is -0.301. The van der Waals surface area contributed by atoms with Crippen molar-refractivity contribution in [2.24, 2.45) is 0 Å². The molecule has 0 bridgehead atoms. The van der Waals surface area contributed by atoms with E-state index in [-0.39, 0.29) is 18.3 Å². The summed E-state index contributed by atoms with van der Waals surface area (Å²) in [5, 5.41) is 1.02. The first-order valence-electron chi connectivity index (χ1n) is 6.38. The number of aromatic nitrogens is 1. The number of nitrogens with zero attached hydrogens (tertiary/aromatic N) is 1. The molecule has 0 spiro atoms. The highest BCUT2D eigenvalue weighted by atomic mass is 32.2. The molecule has 2 rings (SSSR count). The minimum Gasteiger partial charge on any atom is -0.400 e. The fraction of sp³-hybridized carbons (Fsp3) is 0.500. The molecule has 0 amide bonds. The Morgan fingerprint density at radius 3 is 2.26 bits per heavy atom. The first-order valence-corrected chi connectivity index (χ1v) is 7.60. The third-order valence-corrected chi connectivity index (χ3v) is 4.35. The molecule has 0 aliphatic carbocycles. The van der Waals surface area contributed by atoms with Gasteiger partial charge in [-0.1, -0.05) is 18.1 Å². The third kappa shape index (κ3) is 3.22. The van der Waals surface area contributed by atoms with Crippen LogP contribution in [-0.2, 0) is 9.31 Å². The summed E-state index contributed by atoms with van der Waals surface area (Å²) >= 11 is 1.64. The summed E-state index contributed by atoms with van der Waals surface area (Å²) in [5.41, 5.74) is 0.471. The van der Waals surface area contributed by atoms with E-state index < -0.39 is 0 Å². The van der Waals surface area contributed by atoms with Gasteiger partial charge in [0.25, 0.3) is 0 Å². The van der Waals surface area contributed by atoms with Crippen LogP contribution in [0.3, 0.4) is 0 Å². The van der Waals surface area contributed by atoms with Crippen LogP contribution in [0.1, 0.15) is 33.3 Å². The highest BCUT2D eigenvalue weighted by molar-refractivity contribution is 7.98. The zero-order valence-electron chi connectivity index (χ0n) is 12.1. The van der Waals surface area contributed by atoms with Crippen LogP contribution in [0.4, 0.5) is 0 Å². The highest BCUT2D eigenvalue weighted by Gasteiger charge is 2.49. The molecule has 0 saturated carbocycles. The molecule has 2 heterocycles. The molecule has 0 aromatic carbocycles. The van der Waals surface area contributed by atoms with Crippen LogP contribution < -0.4 is 0 Å². The monoisotopic (exact) mass is 277 g/mol. The zero-order valence-corrected chi connectivity index (χ0v) is 13.0. The Labute approximate surface area is 119 Å². The molecular weight excluding hydrogens is 257 g/mol. The average Bonchev–Trinajstić information content (AvgIpc) is 2.56. The second-order valence-corrected chi connectivity index (χ2v) is 6.44. The fourth-order valence-corrected chi connectivity index (χ4v) is 2.13. The number of thioether (sulfide) groups is 1. The van der Waals surface area contributed by atoms with Crippen molar-refractivity contribution >= 4 is 25.0 Å². The predicted octanol–water partition coefficient (Wildman–Crippen LogP) is 3.45. The lowest BCUT2D eigenvalue weighted by molar-refractivity contribution is 0.00578. The summed E-state index contributed by atoms with van der Waals surface area (Å²) in [6.45, 7) is 8.21. The topological polar surface area (TPSA) is 31.4 Å². The number of pyridine rings is 1. The molecule has 5 heteroatoms. The van der Waals surface area contributed by atoms with Crippen LogP contribution in [0.2, 0.25) is 0 Å². The Hall–Kier alpha value is -0.775. The van der Waals surface area contributed by atoms with Crippen molar-refractivity contribution in [1.29, 1.82) is 0 Å². The van der Waals surface area contributed by atoms with Gasteiger partial charge in [-0.2, -0.15) is 0 Å². The van der Waals surface area contributed by atoms with Crippen LogP contribution in [0.5, 0.6) is 0 Å². The predicted molar refractivity (Wildman–Crippen MR) is 81.1 cm³/mol. The van der Waals surface area contributed by atoms with E-state index in [0.29, 0.717) is 0 Å². The third-order valence-electron chi connectivity index (χ3n) is 3.69. The van der Waals surface area contributed by atoms with E-state index >= 15 is 0 Å². The van der Waals surface area contributed by atoms with Gasteiger partial charge in [-0.15, -0.1) is 11.8 Å². The maximum Gasteiger partial charge on any atom is 0.487 e. The molecule has 0 unspecified atom stereocenters. The first-order chi connectivity index (χ1) is 8.84. The van der Waals surface area contributed by atoms with E-state index in [4.69, 9.17) is 9.31 Å². The van der Waals surface area contributed by atoms with Crippen LogP contribution in [-0.4, -0.2) is 29.6 Å². The van der Waals surface area contributed by atoms with Gasteiger partial charge in [-0.05, 0) is 45.6 Å². The SMILES string of the molecule is CSc1ccc(/C=C/B2OC(C)(C)C(C)(C)O2)cn1. The van der Waals surface area contributed by atoms with Gasteiger partial charge < -0.3 is 9.31 Å². The van der Waals surface area contributed by atoms with E-state index in [1.54, 1.807) is 11.8 Å². The van der Waals surface area contributed by atoms with Crippen molar-refractivity contribution in [3.63, 3.8) is 0 Å². The van der Waals surface area contributed by atoms with Crippen molar-refractivity contribution in [2.75, 3.05) is 6.26 Å². The molecule has 1 fully saturated rings.